The van der Waals surface area contributed by atoms with Crippen molar-refractivity contribution in [2.24, 2.45) is 23.7 Å². The molecule has 0 aromatic heterocycles. The second-order valence-corrected chi connectivity index (χ2v) is 6.53. The SMILES string of the molecule is CCCNC(CC(C)C)C1CC2CCC1C2. The average Bonchev–Trinajstić information content (AvgIpc) is 2.85. The molecule has 1 heteroatoms. The molecule has 0 saturated heterocycles. The molecular formula is C15H29N. The number of hydrogen-bond donors (Lipinski definition) is 1. The van der Waals surface area contributed by atoms with Gasteiger partial charge in [-0.15, -0.1) is 0 Å². The standard InChI is InChI=1S/C15H29N/c1-4-7-16-15(8-11(2)3)14-10-12-5-6-13(14)9-12/h11-16H,4-10H2,1-3H3. The van der Waals surface area contributed by atoms with Gasteiger partial charge in [0.25, 0.3) is 0 Å². The highest BCUT2D eigenvalue weighted by Crippen LogP contribution is 2.50. The van der Waals surface area contributed by atoms with Crippen LogP contribution in [-0.2, 0) is 0 Å². The first-order chi connectivity index (χ1) is 7.70. The normalized spacial score (nSPS) is 34.9. The van der Waals surface area contributed by atoms with Gasteiger partial charge >= 0.3 is 0 Å². The van der Waals surface area contributed by atoms with Crippen LogP contribution in [-0.4, -0.2) is 12.6 Å². The molecule has 0 aromatic rings. The molecule has 0 aromatic carbocycles. The average molecular weight is 223 g/mol. The van der Waals surface area contributed by atoms with E-state index in [2.05, 4.69) is 26.1 Å². The third-order valence-corrected chi connectivity index (χ3v) is 4.69. The van der Waals surface area contributed by atoms with Crippen molar-refractivity contribution in [1.29, 1.82) is 0 Å². The van der Waals surface area contributed by atoms with Crippen molar-refractivity contribution in [3.05, 3.63) is 0 Å². The zero-order valence-corrected chi connectivity index (χ0v) is 11.3. The van der Waals surface area contributed by atoms with Gasteiger partial charge in [-0.1, -0.05) is 27.2 Å². The summed E-state index contributed by atoms with van der Waals surface area (Å²) in [4.78, 5) is 0. The molecule has 0 amide bonds. The maximum Gasteiger partial charge on any atom is 0.0100 e. The van der Waals surface area contributed by atoms with E-state index < -0.39 is 0 Å². The molecule has 0 radical (unpaired) electrons. The van der Waals surface area contributed by atoms with Gasteiger partial charge in [0.2, 0.25) is 0 Å². The van der Waals surface area contributed by atoms with Crippen molar-refractivity contribution in [2.45, 2.75) is 65.3 Å². The van der Waals surface area contributed by atoms with Crippen molar-refractivity contribution >= 4 is 0 Å². The van der Waals surface area contributed by atoms with E-state index in [9.17, 15) is 0 Å². The summed E-state index contributed by atoms with van der Waals surface area (Å²) in [5.74, 6) is 4.01. The van der Waals surface area contributed by atoms with Crippen molar-refractivity contribution in [1.82, 2.24) is 5.32 Å². The highest BCUT2D eigenvalue weighted by Gasteiger charge is 2.42. The summed E-state index contributed by atoms with van der Waals surface area (Å²) in [5.41, 5.74) is 0. The first kappa shape index (κ1) is 12.4. The molecule has 1 nitrogen and oxygen atoms in total. The lowest BCUT2D eigenvalue weighted by Gasteiger charge is -2.32. The van der Waals surface area contributed by atoms with Crippen molar-refractivity contribution in [3.8, 4) is 0 Å². The fraction of sp³-hybridized carbons (Fsp3) is 1.00. The van der Waals surface area contributed by atoms with Gasteiger partial charge in [0.1, 0.15) is 0 Å². The summed E-state index contributed by atoms with van der Waals surface area (Å²) in [7, 11) is 0. The Morgan fingerprint density at radius 1 is 1.19 bits per heavy atom. The highest BCUT2D eigenvalue weighted by atomic mass is 14.9. The van der Waals surface area contributed by atoms with Gasteiger partial charge in [-0.3, -0.25) is 0 Å². The summed E-state index contributed by atoms with van der Waals surface area (Å²) < 4.78 is 0. The molecule has 2 fully saturated rings. The van der Waals surface area contributed by atoms with Crippen LogP contribution in [0.2, 0.25) is 0 Å². The van der Waals surface area contributed by atoms with Gasteiger partial charge in [0.05, 0.1) is 0 Å². The second-order valence-electron chi connectivity index (χ2n) is 6.53. The lowest BCUT2D eigenvalue weighted by atomic mass is 9.80. The number of fused-ring (bicyclic) bond motifs is 2. The lowest BCUT2D eigenvalue weighted by Crippen LogP contribution is -2.40. The van der Waals surface area contributed by atoms with Gasteiger partial charge < -0.3 is 5.32 Å². The van der Waals surface area contributed by atoms with Crippen LogP contribution in [0.25, 0.3) is 0 Å². The molecule has 0 spiro atoms. The van der Waals surface area contributed by atoms with Gasteiger partial charge in [-0.25, -0.2) is 0 Å². The molecule has 4 atom stereocenters. The van der Waals surface area contributed by atoms with E-state index >= 15 is 0 Å². The molecule has 16 heavy (non-hydrogen) atoms. The molecule has 0 aliphatic heterocycles. The van der Waals surface area contributed by atoms with E-state index in [4.69, 9.17) is 0 Å². The Labute approximate surface area is 101 Å². The Bertz CT molecular complexity index is 211. The van der Waals surface area contributed by atoms with Crippen LogP contribution in [0.5, 0.6) is 0 Å². The molecule has 2 bridgehead atoms. The van der Waals surface area contributed by atoms with Crippen molar-refractivity contribution < 1.29 is 0 Å². The zero-order valence-electron chi connectivity index (χ0n) is 11.3. The third kappa shape index (κ3) is 2.80. The van der Waals surface area contributed by atoms with E-state index in [1.165, 1.54) is 38.6 Å². The number of rotatable bonds is 6. The largest absolute Gasteiger partial charge is 0.314 e. The van der Waals surface area contributed by atoms with Crippen molar-refractivity contribution in [2.75, 3.05) is 6.54 Å². The Morgan fingerprint density at radius 3 is 2.50 bits per heavy atom. The van der Waals surface area contributed by atoms with E-state index in [1.54, 1.807) is 6.42 Å². The van der Waals surface area contributed by atoms with Crippen LogP contribution >= 0.6 is 0 Å². The minimum Gasteiger partial charge on any atom is -0.314 e. The molecule has 94 valence electrons. The maximum atomic E-state index is 3.83. The fourth-order valence-electron chi connectivity index (χ4n) is 4.03. The Balaban J connectivity index is 1.89. The fourth-order valence-corrected chi connectivity index (χ4v) is 4.03. The van der Waals surface area contributed by atoms with E-state index in [0.29, 0.717) is 0 Å². The first-order valence-electron chi connectivity index (χ1n) is 7.44. The monoisotopic (exact) mass is 223 g/mol. The maximum absolute atomic E-state index is 3.83. The molecule has 2 rings (SSSR count). The van der Waals surface area contributed by atoms with Crippen LogP contribution in [0.15, 0.2) is 0 Å². The van der Waals surface area contributed by atoms with Crippen LogP contribution in [0, 0.1) is 23.7 Å². The Kier molecular flexibility index (Phi) is 4.29. The van der Waals surface area contributed by atoms with Gasteiger partial charge in [-0.2, -0.15) is 0 Å². The highest BCUT2D eigenvalue weighted by molar-refractivity contribution is 4.95. The Morgan fingerprint density at radius 2 is 2.00 bits per heavy atom. The summed E-state index contributed by atoms with van der Waals surface area (Å²) in [6.07, 6.45) is 8.79. The van der Waals surface area contributed by atoms with E-state index in [1.807, 2.05) is 0 Å². The summed E-state index contributed by atoms with van der Waals surface area (Å²) in [6, 6.07) is 0.815. The van der Waals surface area contributed by atoms with Crippen LogP contribution in [0.1, 0.15) is 59.3 Å². The third-order valence-electron chi connectivity index (χ3n) is 4.69. The molecule has 1 N–H and O–H groups in total. The molecular weight excluding hydrogens is 194 g/mol. The zero-order chi connectivity index (χ0) is 11.5. The molecule has 4 unspecified atom stereocenters. The quantitative estimate of drug-likeness (QED) is 0.721. The van der Waals surface area contributed by atoms with Crippen molar-refractivity contribution in [3.63, 3.8) is 0 Å². The van der Waals surface area contributed by atoms with Gasteiger partial charge in [0, 0.05) is 6.04 Å². The topological polar surface area (TPSA) is 12.0 Å². The van der Waals surface area contributed by atoms with Gasteiger partial charge in [0.15, 0.2) is 0 Å². The van der Waals surface area contributed by atoms with Gasteiger partial charge in [-0.05, 0) is 62.3 Å². The van der Waals surface area contributed by atoms with Crippen LogP contribution in [0.3, 0.4) is 0 Å². The van der Waals surface area contributed by atoms with Crippen LogP contribution < -0.4 is 5.32 Å². The lowest BCUT2D eigenvalue weighted by molar-refractivity contribution is 0.224. The smallest absolute Gasteiger partial charge is 0.0100 e. The molecule has 2 saturated carbocycles. The predicted octanol–water partition coefficient (Wildman–Crippen LogP) is 3.84. The number of nitrogens with one attached hydrogen (secondary N) is 1. The molecule has 2 aliphatic carbocycles. The predicted molar refractivity (Wildman–Crippen MR) is 70.5 cm³/mol. The summed E-state index contributed by atoms with van der Waals surface area (Å²) in [6.45, 7) is 8.23. The number of hydrogen-bond acceptors (Lipinski definition) is 1. The minimum absolute atomic E-state index is 0.815. The molecule has 2 aliphatic rings. The first-order valence-corrected chi connectivity index (χ1v) is 7.44. The van der Waals surface area contributed by atoms with E-state index in [-0.39, 0.29) is 0 Å². The summed E-state index contributed by atoms with van der Waals surface area (Å²) in [5, 5.41) is 3.83. The van der Waals surface area contributed by atoms with Crippen LogP contribution in [0.4, 0.5) is 0 Å². The Hall–Kier alpha value is -0.0400. The summed E-state index contributed by atoms with van der Waals surface area (Å²) >= 11 is 0. The van der Waals surface area contributed by atoms with E-state index in [0.717, 1.165) is 29.7 Å². The molecule has 0 heterocycles. The minimum atomic E-state index is 0.815. The second kappa shape index (κ2) is 5.53.